The minimum Gasteiger partial charge on any atom is -0.351 e. The number of aromatic nitrogens is 3. The second kappa shape index (κ2) is 8.81. The van der Waals surface area contributed by atoms with Gasteiger partial charge in [0.2, 0.25) is 5.91 Å². The van der Waals surface area contributed by atoms with Gasteiger partial charge in [-0.05, 0) is 31.0 Å². The van der Waals surface area contributed by atoms with Crippen LogP contribution in [-0.2, 0) is 17.9 Å². The number of rotatable bonds is 7. The molecule has 1 aromatic heterocycles. The van der Waals surface area contributed by atoms with Crippen molar-refractivity contribution >= 4 is 17.7 Å². The third kappa shape index (κ3) is 4.74. The molecule has 1 heterocycles. The van der Waals surface area contributed by atoms with E-state index in [2.05, 4.69) is 15.5 Å². The summed E-state index contributed by atoms with van der Waals surface area (Å²) >= 11 is 1.35. The first-order valence-electron chi connectivity index (χ1n) is 8.71. The first kappa shape index (κ1) is 19.1. The van der Waals surface area contributed by atoms with Crippen LogP contribution in [0.2, 0.25) is 0 Å². The zero-order valence-corrected chi connectivity index (χ0v) is 16.1. The minimum absolute atomic E-state index is 0.103. The van der Waals surface area contributed by atoms with Crippen LogP contribution >= 0.6 is 11.8 Å². The van der Waals surface area contributed by atoms with Gasteiger partial charge in [0.1, 0.15) is 5.82 Å². The molecule has 0 aliphatic carbocycles. The number of hydrogen-bond acceptors (Lipinski definition) is 4. The smallest absolute Gasteiger partial charge is 0.230 e. The summed E-state index contributed by atoms with van der Waals surface area (Å²) in [5, 5.41) is 12.1. The van der Waals surface area contributed by atoms with Crippen molar-refractivity contribution in [3.05, 3.63) is 65.5 Å². The molecule has 1 N–H and O–H groups in total. The molecular weight excluding hydrogens is 363 g/mol. The summed E-state index contributed by atoms with van der Waals surface area (Å²) in [6.07, 6.45) is 0. The molecule has 0 aliphatic rings. The van der Waals surface area contributed by atoms with Crippen LogP contribution in [0.25, 0.3) is 11.4 Å². The van der Waals surface area contributed by atoms with Crippen LogP contribution in [0.3, 0.4) is 0 Å². The van der Waals surface area contributed by atoms with Crippen molar-refractivity contribution in [1.29, 1.82) is 0 Å². The summed E-state index contributed by atoms with van der Waals surface area (Å²) < 4.78 is 15.3. The second-order valence-corrected chi connectivity index (χ2v) is 7.01. The lowest BCUT2D eigenvalue weighted by Gasteiger charge is -2.08. The quantitative estimate of drug-likeness (QED) is 0.629. The minimum atomic E-state index is -0.242. The van der Waals surface area contributed by atoms with Gasteiger partial charge < -0.3 is 9.88 Å². The number of thioether (sulfide) groups is 1. The van der Waals surface area contributed by atoms with Gasteiger partial charge in [-0.1, -0.05) is 54.2 Å². The molecule has 1 amide bonds. The Morgan fingerprint density at radius 1 is 1.19 bits per heavy atom. The normalized spacial score (nSPS) is 10.8. The Labute approximate surface area is 162 Å². The van der Waals surface area contributed by atoms with E-state index in [0.717, 1.165) is 23.5 Å². The van der Waals surface area contributed by atoms with E-state index in [0.29, 0.717) is 17.3 Å². The van der Waals surface area contributed by atoms with Gasteiger partial charge >= 0.3 is 0 Å². The molecule has 3 rings (SSSR count). The molecule has 5 nitrogen and oxygen atoms in total. The van der Waals surface area contributed by atoms with Crippen LogP contribution in [-0.4, -0.2) is 26.4 Å². The van der Waals surface area contributed by atoms with E-state index in [-0.39, 0.29) is 17.5 Å². The number of carbonyl (C=O) groups is 1. The maximum absolute atomic E-state index is 13.3. The molecule has 0 fully saturated rings. The zero-order valence-electron chi connectivity index (χ0n) is 15.3. The zero-order chi connectivity index (χ0) is 19.2. The maximum atomic E-state index is 13.3. The highest BCUT2D eigenvalue weighted by atomic mass is 32.2. The van der Waals surface area contributed by atoms with Crippen molar-refractivity contribution in [2.24, 2.45) is 0 Å². The highest BCUT2D eigenvalue weighted by Crippen LogP contribution is 2.23. The summed E-state index contributed by atoms with van der Waals surface area (Å²) in [5.74, 6) is 0.693. The highest BCUT2D eigenvalue weighted by molar-refractivity contribution is 7.99. The summed E-state index contributed by atoms with van der Waals surface area (Å²) in [6.45, 7) is 4.82. The predicted octanol–water partition coefficient (Wildman–Crippen LogP) is 3.82. The van der Waals surface area contributed by atoms with Gasteiger partial charge in [0.25, 0.3) is 0 Å². The molecular formula is C20H21FN4OS. The van der Waals surface area contributed by atoms with Crippen molar-refractivity contribution < 1.29 is 9.18 Å². The van der Waals surface area contributed by atoms with Crippen LogP contribution < -0.4 is 5.32 Å². The first-order chi connectivity index (χ1) is 13.1. The summed E-state index contributed by atoms with van der Waals surface area (Å²) in [5.41, 5.74) is 2.44. The number of hydrogen-bond donors (Lipinski definition) is 1. The summed E-state index contributed by atoms with van der Waals surface area (Å²) in [4.78, 5) is 12.2. The molecule has 0 radical (unpaired) electrons. The Balaban J connectivity index is 1.59. The monoisotopic (exact) mass is 384 g/mol. The molecule has 0 saturated carbocycles. The molecule has 3 aromatic rings. The van der Waals surface area contributed by atoms with Crippen molar-refractivity contribution in [3.8, 4) is 11.4 Å². The van der Waals surface area contributed by atoms with E-state index in [1.807, 2.05) is 41.8 Å². The van der Waals surface area contributed by atoms with Gasteiger partial charge in [0, 0.05) is 18.7 Å². The van der Waals surface area contributed by atoms with Crippen LogP contribution in [0, 0.1) is 12.7 Å². The molecule has 0 spiro atoms. The molecule has 0 unspecified atom stereocenters. The van der Waals surface area contributed by atoms with Gasteiger partial charge in [0.05, 0.1) is 5.75 Å². The second-order valence-electron chi connectivity index (χ2n) is 6.07. The van der Waals surface area contributed by atoms with Crippen molar-refractivity contribution in [3.63, 3.8) is 0 Å². The number of halogens is 1. The van der Waals surface area contributed by atoms with E-state index in [4.69, 9.17) is 0 Å². The Bertz CT molecular complexity index is 927. The number of nitrogens with one attached hydrogen (secondary N) is 1. The molecule has 0 saturated heterocycles. The topological polar surface area (TPSA) is 59.8 Å². The third-order valence-electron chi connectivity index (χ3n) is 4.11. The number of amides is 1. The highest BCUT2D eigenvalue weighted by Gasteiger charge is 2.14. The molecule has 27 heavy (non-hydrogen) atoms. The Morgan fingerprint density at radius 3 is 2.67 bits per heavy atom. The Kier molecular flexibility index (Phi) is 6.24. The maximum Gasteiger partial charge on any atom is 0.230 e. The van der Waals surface area contributed by atoms with E-state index in [1.165, 1.54) is 17.8 Å². The SMILES string of the molecule is CCn1c(SCC(=O)NCc2ccc(F)c(C)c2)nnc1-c1ccccc1. The van der Waals surface area contributed by atoms with Crippen LogP contribution in [0.1, 0.15) is 18.1 Å². The first-order valence-corrected chi connectivity index (χ1v) is 9.70. The fourth-order valence-corrected chi connectivity index (χ4v) is 3.51. The van der Waals surface area contributed by atoms with Crippen molar-refractivity contribution in [1.82, 2.24) is 20.1 Å². The van der Waals surface area contributed by atoms with E-state index in [1.54, 1.807) is 19.1 Å². The van der Waals surface area contributed by atoms with Crippen LogP contribution in [0.4, 0.5) is 4.39 Å². The number of aryl methyl sites for hydroxylation is 1. The molecule has 0 atom stereocenters. The number of benzene rings is 2. The molecule has 7 heteroatoms. The van der Waals surface area contributed by atoms with E-state index >= 15 is 0 Å². The average Bonchev–Trinajstić information content (AvgIpc) is 3.11. The molecule has 0 bridgehead atoms. The van der Waals surface area contributed by atoms with Gasteiger partial charge in [-0.25, -0.2) is 4.39 Å². The largest absolute Gasteiger partial charge is 0.351 e. The van der Waals surface area contributed by atoms with Crippen LogP contribution in [0.15, 0.2) is 53.7 Å². The Hall–Kier alpha value is -2.67. The summed E-state index contributed by atoms with van der Waals surface area (Å²) in [7, 11) is 0. The lowest BCUT2D eigenvalue weighted by molar-refractivity contribution is -0.118. The number of nitrogens with zero attached hydrogens (tertiary/aromatic N) is 3. The van der Waals surface area contributed by atoms with Crippen LogP contribution in [0.5, 0.6) is 0 Å². The fourth-order valence-electron chi connectivity index (χ4n) is 2.68. The van der Waals surface area contributed by atoms with Gasteiger partial charge in [-0.15, -0.1) is 10.2 Å². The lowest BCUT2D eigenvalue weighted by Crippen LogP contribution is -2.24. The third-order valence-corrected chi connectivity index (χ3v) is 5.08. The van der Waals surface area contributed by atoms with Crippen molar-refractivity contribution in [2.45, 2.75) is 32.1 Å². The van der Waals surface area contributed by atoms with Gasteiger partial charge in [-0.2, -0.15) is 0 Å². The Morgan fingerprint density at radius 2 is 1.96 bits per heavy atom. The van der Waals surface area contributed by atoms with E-state index < -0.39 is 0 Å². The molecule has 0 aliphatic heterocycles. The van der Waals surface area contributed by atoms with E-state index in [9.17, 15) is 9.18 Å². The fraction of sp³-hybridized carbons (Fsp3) is 0.250. The molecule has 140 valence electrons. The average molecular weight is 384 g/mol. The molecule has 2 aromatic carbocycles. The van der Waals surface area contributed by atoms with Crippen molar-refractivity contribution in [2.75, 3.05) is 5.75 Å². The van der Waals surface area contributed by atoms with Gasteiger partial charge in [0.15, 0.2) is 11.0 Å². The summed E-state index contributed by atoms with van der Waals surface area (Å²) in [6, 6.07) is 14.7. The lowest BCUT2D eigenvalue weighted by atomic mass is 10.1. The standard InChI is InChI=1S/C20H21FN4OS/c1-3-25-19(16-7-5-4-6-8-16)23-24-20(25)27-13-18(26)22-12-15-9-10-17(21)14(2)11-15/h4-11H,3,12-13H2,1-2H3,(H,22,26). The predicted molar refractivity (Wildman–Crippen MR) is 105 cm³/mol. The number of carbonyl (C=O) groups excluding carboxylic acids is 1. The van der Waals surface area contributed by atoms with Gasteiger partial charge in [-0.3, -0.25) is 4.79 Å².